The molecule has 0 bridgehead atoms. The third-order valence-corrected chi connectivity index (χ3v) is 3.88. The Kier molecular flexibility index (Phi) is 3.45. The first kappa shape index (κ1) is 13.2. The zero-order chi connectivity index (χ0) is 12.6. The van der Waals surface area contributed by atoms with Crippen LogP contribution in [0.15, 0.2) is 23.1 Å². The van der Waals surface area contributed by atoms with E-state index in [2.05, 4.69) is 0 Å². The summed E-state index contributed by atoms with van der Waals surface area (Å²) in [6, 6.07) is 5.37. The summed E-state index contributed by atoms with van der Waals surface area (Å²) < 4.78 is 29.3. The minimum atomic E-state index is -3.68. The van der Waals surface area contributed by atoms with E-state index in [1.165, 1.54) is 0 Å². The van der Waals surface area contributed by atoms with Crippen molar-refractivity contribution < 1.29 is 12.6 Å². The topological polar surface area (TPSA) is 43.4 Å². The SMILES string of the molecule is Cc1cccc(C)c1S(=O)(=O)OC(C)(C)C. The predicted molar refractivity (Wildman–Crippen MR) is 63.9 cm³/mol. The lowest BCUT2D eigenvalue weighted by molar-refractivity contribution is 0.139. The molecular weight excluding hydrogens is 224 g/mol. The lowest BCUT2D eigenvalue weighted by Gasteiger charge is -2.20. The largest absolute Gasteiger partial charge is 0.298 e. The highest BCUT2D eigenvalue weighted by Crippen LogP contribution is 2.25. The van der Waals surface area contributed by atoms with Crippen LogP contribution in [0.4, 0.5) is 0 Å². The van der Waals surface area contributed by atoms with Crippen LogP contribution in [0.1, 0.15) is 31.9 Å². The lowest BCUT2D eigenvalue weighted by atomic mass is 10.2. The summed E-state index contributed by atoms with van der Waals surface area (Å²) in [4.78, 5) is 0.282. The molecule has 3 nitrogen and oxygen atoms in total. The summed E-state index contributed by atoms with van der Waals surface area (Å²) in [6.07, 6.45) is 0. The van der Waals surface area contributed by atoms with Gasteiger partial charge >= 0.3 is 0 Å². The zero-order valence-electron chi connectivity index (χ0n) is 10.4. The lowest BCUT2D eigenvalue weighted by Crippen LogP contribution is -2.25. The van der Waals surface area contributed by atoms with E-state index in [0.29, 0.717) is 11.1 Å². The summed E-state index contributed by atoms with van der Waals surface area (Å²) in [5.74, 6) is 0. The van der Waals surface area contributed by atoms with E-state index in [-0.39, 0.29) is 4.90 Å². The number of rotatable bonds is 2. The Hall–Kier alpha value is -0.870. The van der Waals surface area contributed by atoms with Gasteiger partial charge < -0.3 is 0 Å². The van der Waals surface area contributed by atoms with Gasteiger partial charge in [0, 0.05) is 0 Å². The van der Waals surface area contributed by atoms with Crippen LogP contribution in [0.2, 0.25) is 0 Å². The van der Waals surface area contributed by atoms with Gasteiger partial charge in [-0.05, 0) is 45.7 Å². The molecule has 0 fully saturated rings. The molecule has 1 aromatic rings. The van der Waals surface area contributed by atoms with E-state index in [4.69, 9.17) is 4.18 Å². The smallest absolute Gasteiger partial charge is 0.261 e. The molecule has 0 N–H and O–H groups in total. The van der Waals surface area contributed by atoms with Gasteiger partial charge in [0.2, 0.25) is 0 Å². The Balaban J connectivity index is 3.29. The fraction of sp³-hybridized carbons (Fsp3) is 0.500. The third-order valence-electron chi connectivity index (χ3n) is 2.02. The summed E-state index contributed by atoms with van der Waals surface area (Å²) in [6.45, 7) is 8.70. The average Bonchev–Trinajstić information content (AvgIpc) is 1.97. The van der Waals surface area contributed by atoms with Crippen molar-refractivity contribution in [2.75, 3.05) is 0 Å². The Morgan fingerprint density at radius 2 is 1.50 bits per heavy atom. The van der Waals surface area contributed by atoms with Gasteiger partial charge in [-0.25, -0.2) is 0 Å². The van der Waals surface area contributed by atoms with Gasteiger partial charge in [-0.1, -0.05) is 18.2 Å². The number of hydrogen-bond donors (Lipinski definition) is 0. The maximum atomic E-state index is 12.1. The first-order chi connectivity index (χ1) is 7.13. The molecule has 1 aromatic carbocycles. The zero-order valence-corrected chi connectivity index (χ0v) is 11.2. The minimum Gasteiger partial charge on any atom is -0.261 e. The highest BCUT2D eigenvalue weighted by Gasteiger charge is 2.26. The molecule has 0 aliphatic rings. The van der Waals surface area contributed by atoms with E-state index in [9.17, 15) is 8.42 Å². The molecule has 0 aromatic heterocycles. The molecule has 4 heteroatoms. The van der Waals surface area contributed by atoms with Gasteiger partial charge in [0.05, 0.1) is 10.5 Å². The Labute approximate surface area is 97.6 Å². The molecule has 0 aliphatic heterocycles. The quantitative estimate of drug-likeness (QED) is 0.749. The fourth-order valence-corrected chi connectivity index (χ4v) is 3.23. The molecule has 16 heavy (non-hydrogen) atoms. The summed E-state index contributed by atoms with van der Waals surface area (Å²) in [7, 11) is -3.68. The summed E-state index contributed by atoms with van der Waals surface area (Å²) in [5, 5.41) is 0. The average molecular weight is 242 g/mol. The molecule has 1 rings (SSSR count). The van der Waals surface area contributed by atoms with Crippen LogP contribution in [0.25, 0.3) is 0 Å². The molecular formula is C12H18O3S. The molecule has 0 saturated carbocycles. The maximum absolute atomic E-state index is 12.1. The molecule has 0 aliphatic carbocycles. The molecule has 0 radical (unpaired) electrons. The van der Waals surface area contributed by atoms with Crippen molar-refractivity contribution in [3.05, 3.63) is 29.3 Å². The summed E-state index contributed by atoms with van der Waals surface area (Å²) in [5.41, 5.74) is 0.710. The molecule has 0 unspecified atom stereocenters. The van der Waals surface area contributed by atoms with Crippen molar-refractivity contribution in [1.82, 2.24) is 0 Å². The Morgan fingerprint density at radius 3 is 1.88 bits per heavy atom. The monoisotopic (exact) mass is 242 g/mol. The van der Waals surface area contributed by atoms with E-state index in [1.54, 1.807) is 46.8 Å². The van der Waals surface area contributed by atoms with Crippen LogP contribution in [-0.2, 0) is 14.3 Å². The van der Waals surface area contributed by atoms with Gasteiger partial charge in [-0.2, -0.15) is 8.42 Å². The second kappa shape index (κ2) is 4.18. The van der Waals surface area contributed by atoms with Crippen LogP contribution in [0.5, 0.6) is 0 Å². The van der Waals surface area contributed by atoms with Gasteiger partial charge in [0.15, 0.2) is 0 Å². The molecule has 0 saturated heterocycles. The molecule has 0 amide bonds. The van der Waals surface area contributed by atoms with E-state index in [0.717, 1.165) is 0 Å². The second-order valence-corrected chi connectivity index (χ2v) is 6.35. The van der Waals surface area contributed by atoms with Crippen LogP contribution in [0, 0.1) is 13.8 Å². The molecule has 90 valence electrons. The van der Waals surface area contributed by atoms with Gasteiger partial charge in [-0.15, -0.1) is 0 Å². The van der Waals surface area contributed by atoms with E-state index < -0.39 is 15.7 Å². The first-order valence-electron chi connectivity index (χ1n) is 5.15. The van der Waals surface area contributed by atoms with Crippen molar-refractivity contribution >= 4 is 10.1 Å². The van der Waals surface area contributed by atoms with Crippen LogP contribution >= 0.6 is 0 Å². The Bertz CT molecular complexity index is 461. The van der Waals surface area contributed by atoms with Gasteiger partial charge in [-0.3, -0.25) is 4.18 Å². The van der Waals surface area contributed by atoms with E-state index >= 15 is 0 Å². The van der Waals surface area contributed by atoms with Crippen molar-refractivity contribution in [2.45, 2.75) is 45.1 Å². The number of aryl methyl sites for hydroxylation is 2. The normalized spacial score (nSPS) is 12.8. The minimum absolute atomic E-state index is 0.282. The second-order valence-electron chi connectivity index (χ2n) is 4.87. The van der Waals surface area contributed by atoms with Gasteiger partial charge in [0.25, 0.3) is 10.1 Å². The number of benzene rings is 1. The van der Waals surface area contributed by atoms with Crippen molar-refractivity contribution in [3.8, 4) is 0 Å². The fourth-order valence-electron chi connectivity index (χ4n) is 1.56. The summed E-state index contributed by atoms with van der Waals surface area (Å²) >= 11 is 0. The Morgan fingerprint density at radius 1 is 1.06 bits per heavy atom. The van der Waals surface area contributed by atoms with Crippen molar-refractivity contribution in [2.24, 2.45) is 0 Å². The van der Waals surface area contributed by atoms with E-state index in [1.807, 2.05) is 6.07 Å². The van der Waals surface area contributed by atoms with Gasteiger partial charge in [0.1, 0.15) is 0 Å². The highest BCUT2D eigenvalue weighted by atomic mass is 32.2. The molecule has 0 spiro atoms. The number of hydrogen-bond acceptors (Lipinski definition) is 3. The van der Waals surface area contributed by atoms with Crippen molar-refractivity contribution in [1.29, 1.82) is 0 Å². The van der Waals surface area contributed by atoms with Crippen LogP contribution in [-0.4, -0.2) is 14.0 Å². The first-order valence-corrected chi connectivity index (χ1v) is 6.56. The molecule has 0 heterocycles. The van der Waals surface area contributed by atoms with Crippen LogP contribution < -0.4 is 0 Å². The standard InChI is InChI=1S/C12H18O3S/c1-9-7-6-8-10(2)11(9)16(13,14)15-12(3,4)5/h6-8H,1-5H3. The third kappa shape index (κ3) is 3.06. The van der Waals surface area contributed by atoms with Crippen molar-refractivity contribution in [3.63, 3.8) is 0 Å². The maximum Gasteiger partial charge on any atom is 0.298 e. The molecule has 0 atom stereocenters. The highest BCUT2D eigenvalue weighted by molar-refractivity contribution is 7.87. The predicted octanol–water partition coefficient (Wildman–Crippen LogP) is 2.81. The van der Waals surface area contributed by atoms with Crippen LogP contribution in [0.3, 0.4) is 0 Å².